The number of rotatable bonds is 3. The van der Waals surface area contributed by atoms with Crippen molar-refractivity contribution in [2.75, 3.05) is 6.61 Å². The Balaban J connectivity index is 4.26. The van der Waals surface area contributed by atoms with Crippen molar-refractivity contribution in [1.29, 1.82) is 0 Å². The highest BCUT2D eigenvalue weighted by Gasteiger charge is 2.26. The van der Waals surface area contributed by atoms with Crippen LogP contribution in [0.4, 0.5) is 0 Å². The number of hydrogen-bond acceptors (Lipinski definition) is 3. The molecule has 0 aromatic carbocycles. The van der Waals surface area contributed by atoms with Crippen molar-refractivity contribution in [3.05, 3.63) is 0 Å². The molecule has 0 saturated carbocycles. The first-order valence-electron chi connectivity index (χ1n) is 3.93. The van der Waals surface area contributed by atoms with E-state index < -0.39 is 29.9 Å². The number of carboxylic acid groups (broad SMARTS) is 1. The topological polar surface area (TPSA) is 86.6 Å². The lowest BCUT2D eigenvalue weighted by atomic mass is 9.95. The third-order valence-electron chi connectivity index (χ3n) is 1.47. The zero-order valence-electron chi connectivity index (χ0n) is 8.00. The molecule has 0 rings (SSSR count). The average Bonchev–Trinajstić information content (AvgIpc) is 1.96. The van der Waals surface area contributed by atoms with Crippen LogP contribution >= 0.6 is 0 Å². The zero-order chi connectivity index (χ0) is 10.6. The lowest BCUT2D eigenvalue weighted by Crippen LogP contribution is -2.47. The summed E-state index contributed by atoms with van der Waals surface area (Å²) in [5.41, 5.74) is -0.650. The van der Waals surface area contributed by atoms with Crippen LogP contribution in [0.15, 0.2) is 0 Å². The highest BCUT2D eigenvalue weighted by atomic mass is 16.4. The molecule has 5 nitrogen and oxygen atoms in total. The van der Waals surface area contributed by atoms with Crippen molar-refractivity contribution < 1.29 is 19.8 Å². The molecule has 0 aliphatic heterocycles. The third kappa shape index (κ3) is 3.89. The molecule has 0 spiro atoms. The smallest absolute Gasteiger partial charge is 0.328 e. The second-order valence-corrected chi connectivity index (χ2v) is 3.80. The molecule has 0 aromatic rings. The van der Waals surface area contributed by atoms with Gasteiger partial charge in [0.2, 0.25) is 5.91 Å². The van der Waals surface area contributed by atoms with E-state index in [-0.39, 0.29) is 0 Å². The summed E-state index contributed by atoms with van der Waals surface area (Å²) in [5.74, 6) is -1.63. The molecule has 13 heavy (non-hydrogen) atoms. The molecule has 0 aliphatic rings. The van der Waals surface area contributed by atoms with E-state index in [1.807, 2.05) is 0 Å². The van der Waals surface area contributed by atoms with Gasteiger partial charge in [-0.05, 0) is 0 Å². The van der Waals surface area contributed by atoms with Crippen LogP contribution in [-0.2, 0) is 9.59 Å². The summed E-state index contributed by atoms with van der Waals surface area (Å²) in [5, 5.41) is 19.3. The van der Waals surface area contributed by atoms with E-state index >= 15 is 0 Å². The minimum absolute atomic E-state index is 0.394. The number of aliphatic hydroxyl groups is 1. The fourth-order valence-electron chi connectivity index (χ4n) is 0.560. The van der Waals surface area contributed by atoms with Gasteiger partial charge in [0.15, 0.2) is 0 Å². The van der Waals surface area contributed by atoms with Crippen LogP contribution in [0.25, 0.3) is 0 Å². The maximum atomic E-state index is 11.3. The van der Waals surface area contributed by atoms with Gasteiger partial charge in [0.05, 0.1) is 6.61 Å². The molecule has 1 unspecified atom stereocenters. The first-order valence-corrected chi connectivity index (χ1v) is 3.93. The van der Waals surface area contributed by atoms with Crippen molar-refractivity contribution >= 4 is 11.9 Å². The molecular formula is C8H15NO4. The van der Waals surface area contributed by atoms with E-state index in [4.69, 9.17) is 10.2 Å². The third-order valence-corrected chi connectivity index (χ3v) is 1.47. The van der Waals surface area contributed by atoms with Gasteiger partial charge in [-0.25, -0.2) is 4.79 Å². The molecule has 0 aliphatic carbocycles. The van der Waals surface area contributed by atoms with Gasteiger partial charge in [-0.2, -0.15) is 0 Å². The predicted octanol–water partition coefficient (Wildman–Crippen LogP) is -0.406. The van der Waals surface area contributed by atoms with Crippen molar-refractivity contribution in [3.8, 4) is 0 Å². The van der Waals surface area contributed by atoms with E-state index in [0.29, 0.717) is 0 Å². The molecule has 3 N–H and O–H groups in total. The minimum atomic E-state index is -1.24. The Morgan fingerprint density at radius 1 is 1.38 bits per heavy atom. The summed E-state index contributed by atoms with van der Waals surface area (Å²) >= 11 is 0. The Bertz CT molecular complexity index is 207. The lowest BCUT2D eigenvalue weighted by Gasteiger charge is -2.20. The summed E-state index contributed by atoms with van der Waals surface area (Å²) in [4.78, 5) is 21.7. The maximum Gasteiger partial charge on any atom is 0.328 e. The highest BCUT2D eigenvalue weighted by molar-refractivity contribution is 5.86. The number of nitrogens with one attached hydrogen (secondary N) is 1. The number of carbonyl (C=O) groups is 2. The van der Waals surface area contributed by atoms with Crippen LogP contribution in [0.2, 0.25) is 0 Å². The van der Waals surface area contributed by atoms with Gasteiger partial charge in [-0.3, -0.25) is 4.79 Å². The predicted molar refractivity (Wildman–Crippen MR) is 46.1 cm³/mol. The van der Waals surface area contributed by atoms with Gasteiger partial charge in [0.25, 0.3) is 0 Å². The van der Waals surface area contributed by atoms with Crippen molar-refractivity contribution in [2.24, 2.45) is 5.41 Å². The summed E-state index contributed by atoms with van der Waals surface area (Å²) in [7, 11) is 0. The summed E-state index contributed by atoms with van der Waals surface area (Å²) in [6.07, 6.45) is 0. The molecule has 0 fully saturated rings. The molecule has 0 bridgehead atoms. The SMILES string of the molecule is CC(C)(C)C(=O)NC(CO)C(=O)O. The molecule has 0 aromatic heterocycles. The van der Waals surface area contributed by atoms with Crippen LogP contribution < -0.4 is 5.32 Å². The Morgan fingerprint density at radius 3 is 2.08 bits per heavy atom. The molecular weight excluding hydrogens is 174 g/mol. The van der Waals surface area contributed by atoms with Gasteiger partial charge in [-0.1, -0.05) is 20.8 Å². The van der Waals surface area contributed by atoms with Gasteiger partial charge in [0, 0.05) is 5.41 Å². The van der Waals surface area contributed by atoms with Crippen LogP contribution in [0.5, 0.6) is 0 Å². The Kier molecular flexibility index (Phi) is 3.87. The monoisotopic (exact) mass is 189 g/mol. The minimum Gasteiger partial charge on any atom is -0.480 e. The molecule has 5 heteroatoms. The lowest BCUT2D eigenvalue weighted by molar-refractivity contribution is -0.144. The number of carbonyl (C=O) groups excluding carboxylic acids is 1. The number of aliphatic hydroxyl groups excluding tert-OH is 1. The zero-order valence-corrected chi connectivity index (χ0v) is 8.00. The molecule has 0 heterocycles. The fourth-order valence-corrected chi connectivity index (χ4v) is 0.560. The van der Waals surface area contributed by atoms with E-state index in [1.165, 1.54) is 0 Å². The van der Waals surface area contributed by atoms with E-state index in [2.05, 4.69) is 5.32 Å². The van der Waals surface area contributed by atoms with Gasteiger partial charge < -0.3 is 15.5 Å². The van der Waals surface area contributed by atoms with Crippen molar-refractivity contribution in [2.45, 2.75) is 26.8 Å². The molecule has 0 saturated heterocycles. The normalized spacial score (nSPS) is 13.5. The quantitative estimate of drug-likeness (QED) is 0.563. The molecule has 1 atom stereocenters. The van der Waals surface area contributed by atoms with Crippen LogP contribution in [-0.4, -0.2) is 34.7 Å². The highest BCUT2D eigenvalue weighted by Crippen LogP contribution is 2.12. The number of amides is 1. The van der Waals surface area contributed by atoms with Gasteiger partial charge in [0.1, 0.15) is 6.04 Å². The molecule has 0 radical (unpaired) electrons. The van der Waals surface area contributed by atoms with E-state index in [0.717, 1.165) is 0 Å². The Hall–Kier alpha value is -1.10. The average molecular weight is 189 g/mol. The largest absolute Gasteiger partial charge is 0.480 e. The summed E-state index contributed by atoms with van der Waals surface area (Å²) < 4.78 is 0. The van der Waals surface area contributed by atoms with Gasteiger partial charge >= 0.3 is 5.97 Å². The second kappa shape index (κ2) is 4.23. The van der Waals surface area contributed by atoms with Crippen LogP contribution in [0, 0.1) is 5.41 Å². The first-order chi connectivity index (χ1) is 5.79. The number of hydrogen-bond donors (Lipinski definition) is 3. The summed E-state index contributed by atoms with van der Waals surface area (Å²) in [6.45, 7) is 4.40. The van der Waals surface area contributed by atoms with E-state index in [9.17, 15) is 9.59 Å². The van der Waals surface area contributed by atoms with Crippen molar-refractivity contribution in [3.63, 3.8) is 0 Å². The molecule has 76 valence electrons. The standard InChI is InChI=1S/C8H15NO4/c1-8(2,3)7(13)9-5(4-10)6(11)12/h5,10H,4H2,1-3H3,(H,9,13)(H,11,12). The number of carboxylic acids is 1. The Labute approximate surface area is 76.8 Å². The fraction of sp³-hybridized carbons (Fsp3) is 0.750. The van der Waals surface area contributed by atoms with Gasteiger partial charge in [-0.15, -0.1) is 0 Å². The first kappa shape index (κ1) is 11.9. The van der Waals surface area contributed by atoms with Crippen LogP contribution in [0.1, 0.15) is 20.8 Å². The summed E-state index contributed by atoms with van der Waals surface area (Å²) in [6, 6.07) is -1.22. The maximum absolute atomic E-state index is 11.3. The second-order valence-electron chi connectivity index (χ2n) is 3.80. The molecule has 1 amide bonds. The van der Waals surface area contributed by atoms with E-state index in [1.54, 1.807) is 20.8 Å². The van der Waals surface area contributed by atoms with Crippen molar-refractivity contribution in [1.82, 2.24) is 5.32 Å². The van der Waals surface area contributed by atoms with Crippen LogP contribution in [0.3, 0.4) is 0 Å². The number of aliphatic carboxylic acids is 1. The Morgan fingerprint density at radius 2 is 1.85 bits per heavy atom.